The molecule has 0 heterocycles. The van der Waals surface area contributed by atoms with Gasteiger partial charge < -0.3 is 14.6 Å². The molecule has 0 saturated heterocycles. The summed E-state index contributed by atoms with van der Waals surface area (Å²) in [6, 6.07) is 11.9. The highest BCUT2D eigenvalue weighted by atomic mass is 16.7. The molecule has 2 aromatic carbocycles. The average Bonchev–Trinajstić information content (AvgIpc) is 2.37. The lowest BCUT2D eigenvalue weighted by molar-refractivity contribution is 0.0522. The molecule has 0 fully saturated rings. The number of ether oxygens (including phenoxy) is 2. The predicted molar refractivity (Wildman–Crippen MR) is 67.2 cm³/mol. The number of benzene rings is 2. The van der Waals surface area contributed by atoms with Gasteiger partial charge in [0.25, 0.3) is 0 Å². The summed E-state index contributed by atoms with van der Waals surface area (Å²) in [5.74, 6) is 0.809. The van der Waals surface area contributed by atoms with Gasteiger partial charge in [-0.1, -0.05) is 30.3 Å². The van der Waals surface area contributed by atoms with E-state index >= 15 is 0 Å². The summed E-state index contributed by atoms with van der Waals surface area (Å²) in [7, 11) is 1.60. The van der Waals surface area contributed by atoms with Crippen LogP contribution in [0.3, 0.4) is 0 Å². The van der Waals surface area contributed by atoms with Gasteiger partial charge in [0.1, 0.15) is 5.75 Å². The van der Waals surface area contributed by atoms with Crippen LogP contribution in [0.15, 0.2) is 36.4 Å². The lowest BCUT2D eigenvalue weighted by Crippen LogP contribution is -2.00. The van der Waals surface area contributed by atoms with Crippen molar-refractivity contribution >= 4 is 10.8 Å². The second-order valence-corrected chi connectivity index (χ2v) is 3.79. The Balaban J connectivity index is 2.45. The topological polar surface area (TPSA) is 38.7 Å². The van der Waals surface area contributed by atoms with Gasteiger partial charge in [0.05, 0.1) is 0 Å². The molecule has 17 heavy (non-hydrogen) atoms. The Hall–Kier alpha value is -1.58. The molecule has 3 nitrogen and oxygen atoms in total. The van der Waals surface area contributed by atoms with E-state index in [-0.39, 0.29) is 13.4 Å². The van der Waals surface area contributed by atoms with Crippen molar-refractivity contribution in [1.29, 1.82) is 0 Å². The van der Waals surface area contributed by atoms with Crippen molar-refractivity contribution in [2.45, 2.75) is 6.42 Å². The van der Waals surface area contributed by atoms with Crippen molar-refractivity contribution in [2.75, 3.05) is 20.5 Å². The van der Waals surface area contributed by atoms with E-state index in [1.807, 2.05) is 36.4 Å². The van der Waals surface area contributed by atoms with Crippen LogP contribution in [0.4, 0.5) is 0 Å². The molecular formula is C14H16O3. The number of methoxy groups -OCH3 is 1. The normalized spacial score (nSPS) is 10.7. The molecular weight excluding hydrogens is 216 g/mol. The molecule has 90 valence electrons. The molecule has 0 unspecified atom stereocenters. The van der Waals surface area contributed by atoms with Crippen LogP contribution in [-0.4, -0.2) is 25.6 Å². The largest absolute Gasteiger partial charge is 0.467 e. The third-order valence-electron chi connectivity index (χ3n) is 2.69. The van der Waals surface area contributed by atoms with Gasteiger partial charge in [-0.25, -0.2) is 0 Å². The lowest BCUT2D eigenvalue weighted by Gasteiger charge is -2.10. The predicted octanol–water partition coefficient (Wildman–Crippen LogP) is 2.36. The molecule has 0 spiro atoms. The van der Waals surface area contributed by atoms with Gasteiger partial charge in [0.2, 0.25) is 0 Å². The number of fused-ring (bicyclic) bond motifs is 1. The van der Waals surface area contributed by atoms with E-state index in [1.54, 1.807) is 7.11 Å². The number of aliphatic hydroxyl groups is 1. The van der Waals surface area contributed by atoms with Crippen molar-refractivity contribution < 1.29 is 14.6 Å². The van der Waals surface area contributed by atoms with Gasteiger partial charge in [-0.05, 0) is 23.4 Å². The SMILES string of the molecule is COCOc1cccc2c(CCO)cccc12. The molecule has 2 rings (SSSR count). The molecule has 0 aliphatic heterocycles. The lowest BCUT2D eigenvalue weighted by atomic mass is 10.0. The highest BCUT2D eigenvalue weighted by Crippen LogP contribution is 2.28. The molecule has 0 atom stereocenters. The van der Waals surface area contributed by atoms with Crippen molar-refractivity contribution in [3.63, 3.8) is 0 Å². The Morgan fingerprint density at radius 2 is 1.82 bits per heavy atom. The maximum absolute atomic E-state index is 9.04. The monoisotopic (exact) mass is 232 g/mol. The summed E-state index contributed by atoms with van der Waals surface area (Å²) in [6.07, 6.45) is 0.658. The molecule has 2 aromatic rings. The first-order valence-electron chi connectivity index (χ1n) is 5.60. The maximum Gasteiger partial charge on any atom is 0.188 e. The Bertz CT molecular complexity index is 494. The Morgan fingerprint density at radius 1 is 1.06 bits per heavy atom. The highest BCUT2D eigenvalue weighted by Gasteiger charge is 2.05. The maximum atomic E-state index is 9.04. The Labute approximate surface area is 101 Å². The fourth-order valence-electron chi connectivity index (χ4n) is 1.93. The number of hydrogen-bond donors (Lipinski definition) is 1. The fraction of sp³-hybridized carbons (Fsp3) is 0.286. The van der Waals surface area contributed by atoms with E-state index < -0.39 is 0 Å². The molecule has 3 heteroatoms. The summed E-state index contributed by atoms with van der Waals surface area (Å²) in [5.41, 5.74) is 1.13. The third-order valence-corrected chi connectivity index (χ3v) is 2.69. The van der Waals surface area contributed by atoms with Gasteiger partial charge in [0, 0.05) is 19.1 Å². The summed E-state index contributed by atoms with van der Waals surface area (Å²) in [4.78, 5) is 0. The van der Waals surface area contributed by atoms with Crippen LogP contribution >= 0.6 is 0 Å². The average molecular weight is 232 g/mol. The first-order chi connectivity index (χ1) is 8.36. The minimum absolute atomic E-state index is 0.155. The van der Waals surface area contributed by atoms with Gasteiger partial charge in [-0.3, -0.25) is 0 Å². The second kappa shape index (κ2) is 5.66. The zero-order valence-corrected chi connectivity index (χ0v) is 9.85. The molecule has 1 N–H and O–H groups in total. The van der Waals surface area contributed by atoms with Crippen LogP contribution in [0.25, 0.3) is 10.8 Å². The molecule has 0 radical (unpaired) electrons. The summed E-state index contributed by atoms with van der Waals surface area (Å²) in [5, 5.41) is 11.2. The zero-order valence-electron chi connectivity index (χ0n) is 9.85. The Morgan fingerprint density at radius 3 is 2.59 bits per heavy atom. The van der Waals surface area contributed by atoms with Gasteiger partial charge in [-0.2, -0.15) is 0 Å². The Kier molecular flexibility index (Phi) is 3.96. The van der Waals surface area contributed by atoms with Gasteiger partial charge in [-0.15, -0.1) is 0 Å². The van der Waals surface area contributed by atoms with E-state index in [1.165, 1.54) is 0 Å². The van der Waals surface area contributed by atoms with E-state index in [0.717, 1.165) is 22.1 Å². The van der Waals surface area contributed by atoms with Crippen molar-refractivity contribution in [3.05, 3.63) is 42.0 Å². The molecule has 0 aliphatic carbocycles. The fourth-order valence-corrected chi connectivity index (χ4v) is 1.93. The van der Waals surface area contributed by atoms with Gasteiger partial charge in [0.15, 0.2) is 6.79 Å². The molecule has 0 aromatic heterocycles. The minimum atomic E-state index is 0.155. The van der Waals surface area contributed by atoms with Crippen molar-refractivity contribution in [3.8, 4) is 5.75 Å². The highest BCUT2D eigenvalue weighted by molar-refractivity contribution is 5.90. The van der Waals surface area contributed by atoms with Crippen LogP contribution in [-0.2, 0) is 11.2 Å². The van der Waals surface area contributed by atoms with E-state index in [9.17, 15) is 0 Å². The quantitative estimate of drug-likeness (QED) is 0.804. The number of hydrogen-bond acceptors (Lipinski definition) is 3. The first kappa shape index (κ1) is 11.9. The molecule has 0 bridgehead atoms. The standard InChI is InChI=1S/C14H16O3/c1-16-10-17-14-7-3-5-12-11(8-9-15)4-2-6-13(12)14/h2-7,15H,8-10H2,1H3. The van der Waals surface area contributed by atoms with E-state index in [2.05, 4.69) is 0 Å². The van der Waals surface area contributed by atoms with Crippen LogP contribution in [0.2, 0.25) is 0 Å². The van der Waals surface area contributed by atoms with Crippen LogP contribution in [0.1, 0.15) is 5.56 Å². The number of aliphatic hydroxyl groups excluding tert-OH is 1. The van der Waals surface area contributed by atoms with Crippen LogP contribution in [0, 0.1) is 0 Å². The third kappa shape index (κ3) is 2.57. The minimum Gasteiger partial charge on any atom is -0.467 e. The summed E-state index contributed by atoms with van der Waals surface area (Å²) < 4.78 is 10.4. The zero-order chi connectivity index (χ0) is 12.1. The first-order valence-corrected chi connectivity index (χ1v) is 5.60. The van der Waals surface area contributed by atoms with Crippen LogP contribution in [0.5, 0.6) is 5.75 Å². The van der Waals surface area contributed by atoms with E-state index in [4.69, 9.17) is 14.6 Å². The molecule has 0 saturated carbocycles. The smallest absolute Gasteiger partial charge is 0.188 e. The van der Waals surface area contributed by atoms with E-state index in [0.29, 0.717) is 6.42 Å². The van der Waals surface area contributed by atoms with Crippen LogP contribution < -0.4 is 4.74 Å². The number of rotatable bonds is 5. The second-order valence-electron chi connectivity index (χ2n) is 3.79. The van der Waals surface area contributed by atoms with Crippen molar-refractivity contribution in [2.24, 2.45) is 0 Å². The summed E-state index contributed by atoms with van der Waals surface area (Å²) in [6.45, 7) is 0.394. The summed E-state index contributed by atoms with van der Waals surface area (Å²) >= 11 is 0. The van der Waals surface area contributed by atoms with Gasteiger partial charge >= 0.3 is 0 Å². The molecule has 0 amide bonds. The molecule has 0 aliphatic rings. The van der Waals surface area contributed by atoms with Crippen molar-refractivity contribution in [1.82, 2.24) is 0 Å².